The van der Waals surface area contributed by atoms with Gasteiger partial charge in [-0.2, -0.15) is 0 Å². The Balaban J connectivity index is 2.79. The standard InChI is InChI=1S/C13H20FNO/c1-3-5-10(9-15)8-11-6-4-7-12(16-2)13(11)14/h4,6-7,10H,3,5,8-9,15H2,1-2H3. The van der Waals surface area contributed by atoms with Gasteiger partial charge in [0.2, 0.25) is 0 Å². The Labute approximate surface area is 96.6 Å². The van der Waals surface area contributed by atoms with Crippen LogP contribution in [0.1, 0.15) is 25.3 Å². The maximum Gasteiger partial charge on any atom is 0.168 e. The van der Waals surface area contributed by atoms with Gasteiger partial charge in [0.25, 0.3) is 0 Å². The van der Waals surface area contributed by atoms with Crippen LogP contribution in [-0.4, -0.2) is 13.7 Å². The number of hydrogen-bond donors (Lipinski definition) is 1. The van der Waals surface area contributed by atoms with Crippen LogP contribution in [0.5, 0.6) is 5.75 Å². The summed E-state index contributed by atoms with van der Waals surface area (Å²) in [6, 6.07) is 5.25. The minimum absolute atomic E-state index is 0.250. The first kappa shape index (κ1) is 13.0. The highest BCUT2D eigenvalue weighted by Gasteiger charge is 2.13. The average molecular weight is 225 g/mol. The Morgan fingerprint density at radius 1 is 1.44 bits per heavy atom. The Kier molecular flexibility index (Phi) is 5.26. The molecular weight excluding hydrogens is 205 g/mol. The molecule has 0 aromatic heterocycles. The van der Waals surface area contributed by atoms with Gasteiger partial charge in [-0.3, -0.25) is 0 Å². The monoisotopic (exact) mass is 225 g/mol. The first-order valence-electron chi connectivity index (χ1n) is 5.74. The van der Waals surface area contributed by atoms with Gasteiger partial charge in [0.1, 0.15) is 0 Å². The SMILES string of the molecule is CCCC(CN)Cc1cccc(OC)c1F. The largest absolute Gasteiger partial charge is 0.494 e. The second kappa shape index (κ2) is 6.48. The summed E-state index contributed by atoms with van der Waals surface area (Å²) in [4.78, 5) is 0. The van der Waals surface area contributed by atoms with E-state index in [1.165, 1.54) is 7.11 Å². The molecule has 1 unspecified atom stereocenters. The van der Waals surface area contributed by atoms with Gasteiger partial charge >= 0.3 is 0 Å². The van der Waals surface area contributed by atoms with E-state index in [0.29, 0.717) is 30.2 Å². The zero-order chi connectivity index (χ0) is 12.0. The smallest absolute Gasteiger partial charge is 0.168 e. The molecule has 0 aliphatic heterocycles. The lowest BCUT2D eigenvalue weighted by molar-refractivity contribution is 0.381. The van der Waals surface area contributed by atoms with Crippen molar-refractivity contribution in [2.24, 2.45) is 11.7 Å². The third-order valence-corrected chi connectivity index (χ3v) is 2.80. The van der Waals surface area contributed by atoms with Crippen molar-refractivity contribution in [3.63, 3.8) is 0 Å². The summed E-state index contributed by atoms with van der Waals surface area (Å²) < 4.78 is 18.8. The van der Waals surface area contributed by atoms with Gasteiger partial charge in [0.15, 0.2) is 11.6 Å². The Bertz CT molecular complexity index is 328. The van der Waals surface area contributed by atoms with Crippen molar-refractivity contribution in [2.45, 2.75) is 26.2 Å². The van der Waals surface area contributed by atoms with Crippen LogP contribution in [0, 0.1) is 11.7 Å². The van der Waals surface area contributed by atoms with Crippen LogP contribution in [0.25, 0.3) is 0 Å². The number of ether oxygens (including phenoxy) is 1. The van der Waals surface area contributed by atoms with Crippen LogP contribution in [0.4, 0.5) is 4.39 Å². The van der Waals surface area contributed by atoms with Crippen molar-refractivity contribution in [1.82, 2.24) is 0 Å². The van der Waals surface area contributed by atoms with Gasteiger partial charge in [-0.1, -0.05) is 25.5 Å². The second-order valence-corrected chi connectivity index (χ2v) is 4.03. The van der Waals surface area contributed by atoms with Crippen molar-refractivity contribution in [1.29, 1.82) is 0 Å². The highest BCUT2D eigenvalue weighted by Crippen LogP contribution is 2.23. The molecular formula is C13H20FNO. The summed E-state index contributed by atoms with van der Waals surface area (Å²) in [5.74, 6) is 0.413. The summed E-state index contributed by atoms with van der Waals surface area (Å²) in [5, 5.41) is 0. The zero-order valence-electron chi connectivity index (χ0n) is 10.0. The molecule has 0 bridgehead atoms. The molecule has 0 fully saturated rings. The topological polar surface area (TPSA) is 35.2 Å². The van der Waals surface area contributed by atoms with Gasteiger partial charge in [0, 0.05) is 0 Å². The summed E-state index contributed by atoms with van der Waals surface area (Å²) in [6.07, 6.45) is 2.80. The van der Waals surface area contributed by atoms with Crippen molar-refractivity contribution in [3.8, 4) is 5.75 Å². The number of nitrogens with two attached hydrogens (primary N) is 1. The first-order chi connectivity index (χ1) is 7.72. The second-order valence-electron chi connectivity index (χ2n) is 4.03. The van der Waals surface area contributed by atoms with E-state index in [9.17, 15) is 4.39 Å². The zero-order valence-corrected chi connectivity index (χ0v) is 10.0. The summed E-state index contributed by atoms with van der Waals surface area (Å²) in [6.45, 7) is 2.72. The summed E-state index contributed by atoms with van der Waals surface area (Å²) in [5.41, 5.74) is 6.37. The van der Waals surface area contributed by atoms with E-state index in [-0.39, 0.29) is 5.82 Å². The first-order valence-corrected chi connectivity index (χ1v) is 5.74. The number of halogens is 1. The highest BCUT2D eigenvalue weighted by atomic mass is 19.1. The number of benzene rings is 1. The lowest BCUT2D eigenvalue weighted by Gasteiger charge is -2.15. The average Bonchev–Trinajstić information content (AvgIpc) is 2.31. The molecule has 0 aliphatic rings. The van der Waals surface area contributed by atoms with E-state index in [0.717, 1.165) is 12.8 Å². The quantitative estimate of drug-likeness (QED) is 0.808. The molecule has 0 saturated carbocycles. The van der Waals surface area contributed by atoms with Crippen molar-refractivity contribution < 1.29 is 9.13 Å². The molecule has 16 heavy (non-hydrogen) atoms. The fraction of sp³-hybridized carbons (Fsp3) is 0.538. The van der Waals surface area contributed by atoms with Gasteiger partial charge in [-0.15, -0.1) is 0 Å². The van der Waals surface area contributed by atoms with E-state index in [1.807, 2.05) is 6.07 Å². The van der Waals surface area contributed by atoms with Crippen LogP contribution in [0.2, 0.25) is 0 Å². The molecule has 1 rings (SSSR count). The summed E-state index contributed by atoms with van der Waals surface area (Å²) >= 11 is 0. The van der Waals surface area contributed by atoms with Gasteiger partial charge < -0.3 is 10.5 Å². The van der Waals surface area contributed by atoms with Crippen molar-refractivity contribution >= 4 is 0 Å². The minimum atomic E-state index is -0.250. The molecule has 0 saturated heterocycles. The number of hydrogen-bond acceptors (Lipinski definition) is 2. The van der Waals surface area contributed by atoms with E-state index in [2.05, 4.69) is 6.92 Å². The Morgan fingerprint density at radius 2 is 2.19 bits per heavy atom. The highest BCUT2D eigenvalue weighted by molar-refractivity contribution is 5.31. The summed E-state index contributed by atoms with van der Waals surface area (Å²) in [7, 11) is 1.48. The lowest BCUT2D eigenvalue weighted by Crippen LogP contribution is -2.17. The number of methoxy groups -OCH3 is 1. The lowest BCUT2D eigenvalue weighted by atomic mass is 9.95. The van der Waals surface area contributed by atoms with Crippen molar-refractivity contribution in [3.05, 3.63) is 29.6 Å². The molecule has 2 nitrogen and oxygen atoms in total. The van der Waals surface area contributed by atoms with Gasteiger partial charge in [-0.25, -0.2) is 4.39 Å². The normalized spacial score (nSPS) is 12.5. The number of rotatable bonds is 6. The molecule has 0 radical (unpaired) electrons. The molecule has 0 spiro atoms. The van der Waals surface area contributed by atoms with Crippen LogP contribution in [0.3, 0.4) is 0 Å². The third kappa shape index (κ3) is 3.20. The Morgan fingerprint density at radius 3 is 2.75 bits per heavy atom. The molecule has 0 heterocycles. The third-order valence-electron chi connectivity index (χ3n) is 2.80. The van der Waals surface area contributed by atoms with Gasteiger partial charge in [-0.05, 0) is 36.9 Å². The molecule has 0 amide bonds. The predicted molar refractivity (Wildman–Crippen MR) is 64.1 cm³/mol. The molecule has 2 N–H and O–H groups in total. The fourth-order valence-electron chi connectivity index (χ4n) is 1.89. The van der Waals surface area contributed by atoms with Crippen molar-refractivity contribution in [2.75, 3.05) is 13.7 Å². The van der Waals surface area contributed by atoms with E-state index < -0.39 is 0 Å². The molecule has 0 aliphatic carbocycles. The van der Waals surface area contributed by atoms with Gasteiger partial charge in [0.05, 0.1) is 7.11 Å². The van der Waals surface area contributed by atoms with Crippen LogP contribution in [0.15, 0.2) is 18.2 Å². The maximum absolute atomic E-state index is 13.8. The molecule has 1 aromatic carbocycles. The predicted octanol–water partition coefficient (Wildman–Crippen LogP) is 2.75. The van der Waals surface area contributed by atoms with Crippen LogP contribution in [-0.2, 0) is 6.42 Å². The Hall–Kier alpha value is -1.09. The molecule has 3 heteroatoms. The molecule has 1 atom stereocenters. The van der Waals surface area contributed by atoms with Crippen LogP contribution >= 0.6 is 0 Å². The minimum Gasteiger partial charge on any atom is -0.494 e. The maximum atomic E-state index is 13.8. The van der Waals surface area contributed by atoms with E-state index in [1.54, 1.807) is 12.1 Å². The molecule has 1 aromatic rings. The van der Waals surface area contributed by atoms with E-state index >= 15 is 0 Å². The van der Waals surface area contributed by atoms with E-state index in [4.69, 9.17) is 10.5 Å². The fourth-order valence-corrected chi connectivity index (χ4v) is 1.89. The molecule has 90 valence electrons. The van der Waals surface area contributed by atoms with Crippen LogP contribution < -0.4 is 10.5 Å².